The number of hydrogen-bond donors (Lipinski definition) is 0. The van der Waals surface area contributed by atoms with Crippen LogP contribution in [0.5, 0.6) is 0 Å². The molecule has 0 N–H and O–H groups in total. The fraction of sp³-hybridized carbons (Fsp3) is 0.444. The maximum atomic E-state index is 4.39. The first-order valence-corrected chi connectivity index (χ1v) is 5.42. The first kappa shape index (κ1) is 9.33. The molecule has 74 valence electrons. The minimum absolute atomic E-state index is 0.849. The van der Waals surface area contributed by atoms with E-state index in [1.165, 1.54) is 11.5 Å². The molecule has 0 aliphatic carbocycles. The van der Waals surface area contributed by atoms with Crippen LogP contribution in [0.2, 0.25) is 0 Å². The van der Waals surface area contributed by atoms with Crippen LogP contribution >= 0.6 is 11.5 Å². The summed E-state index contributed by atoms with van der Waals surface area (Å²) in [6.45, 7) is 4.09. The minimum atomic E-state index is 0.849. The molecule has 0 fully saturated rings. The van der Waals surface area contributed by atoms with E-state index in [1.54, 1.807) is 4.68 Å². The van der Waals surface area contributed by atoms with Crippen LogP contribution in [0.3, 0.4) is 0 Å². The van der Waals surface area contributed by atoms with Gasteiger partial charge in [0.25, 0.3) is 0 Å². The van der Waals surface area contributed by atoms with Crippen molar-refractivity contribution < 1.29 is 0 Å². The second kappa shape index (κ2) is 3.88. The normalized spacial score (nSPS) is 10.7. The SMILES string of the molecule is CCCc1nsc(-n2ccc(C)n2)n1. The molecule has 2 heterocycles. The summed E-state index contributed by atoms with van der Waals surface area (Å²) in [7, 11) is 0. The third kappa shape index (κ3) is 1.82. The van der Waals surface area contributed by atoms with Gasteiger partial charge in [-0.25, -0.2) is 9.67 Å². The molecule has 0 aliphatic heterocycles. The number of aryl methyl sites for hydroxylation is 2. The van der Waals surface area contributed by atoms with E-state index in [0.717, 1.165) is 29.5 Å². The minimum Gasteiger partial charge on any atom is -0.212 e. The molecule has 0 aliphatic rings. The van der Waals surface area contributed by atoms with Crippen LogP contribution in [-0.2, 0) is 6.42 Å². The van der Waals surface area contributed by atoms with Gasteiger partial charge in [0.15, 0.2) is 0 Å². The molecule has 4 nitrogen and oxygen atoms in total. The van der Waals surface area contributed by atoms with Gasteiger partial charge < -0.3 is 0 Å². The van der Waals surface area contributed by atoms with Gasteiger partial charge in [-0.15, -0.1) is 0 Å². The highest BCUT2D eigenvalue weighted by molar-refractivity contribution is 7.08. The van der Waals surface area contributed by atoms with E-state index in [1.807, 2.05) is 19.2 Å². The highest BCUT2D eigenvalue weighted by atomic mass is 32.1. The Labute approximate surface area is 86.8 Å². The number of rotatable bonds is 3. The van der Waals surface area contributed by atoms with Crippen molar-refractivity contribution in [2.75, 3.05) is 0 Å². The van der Waals surface area contributed by atoms with Crippen molar-refractivity contribution in [1.29, 1.82) is 0 Å². The third-order valence-corrected chi connectivity index (χ3v) is 2.59. The zero-order valence-corrected chi connectivity index (χ0v) is 9.08. The monoisotopic (exact) mass is 208 g/mol. The molecule has 2 aromatic heterocycles. The Kier molecular flexibility index (Phi) is 2.58. The average molecular weight is 208 g/mol. The Morgan fingerprint density at radius 3 is 3.00 bits per heavy atom. The van der Waals surface area contributed by atoms with Crippen LogP contribution in [0.25, 0.3) is 5.13 Å². The van der Waals surface area contributed by atoms with Crippen molar-refractivity contribution in [3.05, 3.63) is 23.8 Å². The van der Waals surface area contributed by atoms with E-state index in [9.17, 15) is 0 Å². The number of hydrogen-bond acceptors (Lipinski definition) is 4. The van der Waals surface area contributed by atoms with Crippen molar-refractivity contribution in [1.82, 2.24) is 19.1 Å². The highest BCUT2D eigenvalue weighted by Crippen LogP contribution is 2.11. The molecule has 0 saturated carbocycles. The predicted octanol–water partition coefficient (Wildman–Crippen LogP) is 1.98. The second-order valence-electron chi connectivity index (χ2n) is 3.14. The van der Waals surface area contributed by atoms with Gasteiger partial charge >= 0.3 is 0 Å². The Morgan fingerprint density at radius 2 is 2.36 bits per heavy atom. The highest BCUT2D eigenvalue weighted by Gasteiger charge is 2.05. The smallest absolute Gasteiger partial charge is 0.212 e. The average Bonchev–Trinajstić information content (AvgIpc) is 2.74. The Morgan fingerprint density at radius 1 is 1.50 bits per heavy atom. The lowest BCUT2D eigenvalue weighted by atomic mass is 10.3. The van der Waals surface area contributed by atoms with E-state index >= 15 is 0 Å². The van der Waals surface area contributed by atoms with Crippen molar-refractivity contribution in [3.63, 3.8) is 0 Å². The van der Waals surface area contributed by atoms with Crippen LogP contribution in [-0.4, -0.2) is 19.1 Å². The van der Waals surface area contributed by atoms with Gasteiger partial charge in [0.1, 0.15) is 5.82 Å². The summed E-state index contributed by atoms with van der Waals surface area (Å²) in [5.41, 5.74) is 0.997. The lowest BCUT2D eigenvalue weighted by Crippen LogP contribution is -1.94. The van der Waals surface area contributed by atoms with Gasteiger partial charge in [-0.05, 0) is 19.4 Å². The molecule has 0 aromatic carbocycles. The summed E-state index contributed by atoms with van der Waals surface area (Å²) in [5, 5.41) is 5.13. The molecule has 14 heavy (non-hydrogen) atoms. The van der Waals surface area contributed by atoms with Crippen molar-refractivity contribution in [3.8, 4) is 5.13 Å². The molecule has 0 radical (unpaired) electrons. The zero-order chi connectivity index (χ0) is 9.97. The Bertz CT molecular complexity index is 418. The lowest BCUT2D eigenvalue weighted by molar-refractivity contribution is 0.818. The van der Waals surface area contributed by atoms with E-state index in [0.29, 0.717) is 0 Å². The largest absolute Gasteiger partial charge is 0.230 e. The molecular formula is C9H12N4S. The van der Waals surface area contributed by atoms with Crippen LogP contribution in [0.15, 0.2) is 12.3 Å². The molecule has 0 amide bonds. The lowest BCUT2D eigenvalue weighted by Gasteiger charge is -1.91. The standard InChI is InChI=1S/C9H12N4S/c1-3-4-8-10-9(14-12-8)13-6-5-7(2)11-13/h5-6H,3-4H2,1-2H3. The molecule has 0 unspecified atom stereocenters. The quantitative estimate of drug-likeness (QED) is 0.774. The van der Waals surface area contributed by atoms with E-state index in [-0.39, 0.29) is 0 Å². The summed E-state index contributed by atoms with van der Waals surface area (Å²) in [4.78, 5) is 4.39. The van der Waals surface area contributed by atoms with Crippen LogP contribution in [0.4, 0.5) is 0 Å². The molecule has 0 atom stereocenters. The first-order chi connectivity index (χ1) is 6.79. The molecule has 0 saturated heterocycles. The first-order valence-electron chi connectivity index (χ1n) is 4.65. The van der Waals surface area contributed by atoms with E-state index in [2.05, 4.69) is 21.4 Å². The van der Waals surface area contributed by atoms with E-state index in [4.69, 9.17) is 0 Å². The second-order valence-corrected chi connectivity index (χ2v) is 3.88. The summed E-state index contributed by atoms with van der Waals surface area (Å²) in [6, 6.07) is 1.96. The van der Waals surface area contributed by atoms with Gasteiger partial charge in [0, 0.05) is 24.2 Å². The predicted molar refractivity (Wildman–Crippen MR) is 55.8 cm³/mol. The zero-order valence-electron chi connectivity index (χ0n) is 8.27. The fourth-order valence-electron chi connectivity index (χ4n) is 1.18. The maximum Gasteiger partial charge on any atom is 0.230 e. The molecule has 0 spiro atoms. The van der Waals surface area contributed by atoms with Gasteiger partial charge in [-0.1, -0.05) is 6.92 Å². The van der Waals surface area contributed by atoms with Crippen molar-refractivity contribution >= 4 is 11.5 Å². The molecule has 5 heteroatoms. The van der Waals surface area contributed by atoms with Crippen molar-refractivity contribution in [2.45, 2.75) is 26.7 Å². The molecular weight excluding hydrogens is 196 g/mol. The summed E-state index contributed by atoms with van der Waals surface area (Å²) < 4.78 is 6.03. The summed E-state index contributed by atoms with van der Waals surface area (Å²) in [6.07, 6.45) is 3.93. The van der Waals surface area contributed by atoms with E-state index < -0.39 is 0 Å². The van der Waals surface area contributed by atoms with Gasteiger partial charge in [-0.3, -0.25) is 0 Å². The molecule has 0 bridgehead atoms. The van der Waals surface area contributed by atoms with Crippen LogP contribution in [0, 0.1) is 6.92 Å². The summed E-state index contributed by atoms with van der Waals surface area (Å²) in [5.74, 6) is 0.917. The van der Waals surface area contributed by atoms with Crippen molar-refractivity contribution in [2.24, 2.45) is 0 Å². The van der Waals surface area contributed by atoms with Crippen LogP contribution in [0.1, 0.15) is 24.9 Å². The number of aromatic nitrogens is 4. The number of nitrogens with zero attached hydrogens (tertiary/aromatic N) is 4. The maximum absolute atomic E-state index is 4.39. The summed E-state index contributed by atoms with van der Waals surface area (Å²) >= 11 is 1.40. The molecule has 2 rings (SSSR count). The van der Waals surface area contributed by atoms with Crippen LogP contribution < -0.4 is 0 Å². The van der Waals surface area contributed by atoms with Gasteiger partial charge in [0.05, 0.1) is 5.69 Å². The van der Waals surface area contributed by atoms with Gasteiger partial charge in [0.2, 0.25) is 5.13 Å². The Balaban J connectivity index is 2.24. The molecule has 2 aromatic rings. The van der Waals surface area contributed by atoms with Gasteiger partial charge in [-0.2, -0.15) is 9.47 Å². The Hall–Kier alpha value is -1.23. The topological polar surface area (TPSA) is 43.6 Å². The fourth-order valence-corrected chi connectivity index (χ4v) is 1.84. The third-order valence-electron chi connectivity index (χ3n) is 1.85.